The summed E-state index contributed by atoms with van der Waals surface area (Å²) in [5, 5.41) is 11.9. The van der Waals surface area contributed by atoms with Crippen LogP contribution in [0.15, 0.2) is 77.7 Å². The van der Waals surface area contributed by atoms with Crippen LogP contribution in [0.4, 0.5) is 10.8 Å². The SMILES string of the molecule is Cc1ccc(-c2nnc(NC(=O)C3CN(S(=O)(=O)c4ccc(C)cc4)c4ccccc4O3)s2)cc1. The van der Waals surface area contributed by atoms with Crippen molar-refractivity contribution >= 4 is 38.1 Å². The van der Waals surface area contributed by atoms with Gasteiger partial charge in [0.1, 0.15) is 10.8 Å². The maximum absolute atomic E-state index is 13.5. The molecule has 35 heavy (non-hydrogen) atoms. The van der Waals surface area contributed by atoms with Gasteiger partial charge in [0.25, 0.3) is 15.9 Å². The highest BCUT2D eigenvalue weighted by Gasteiger charge is 2.37. The number of amides is 1. The molecule has 1 atom stereocenters. The van der Waals surface area contributed by atoms with Crippen LogP contribution in [-0.4, -0.2) is 37.2 Å². The summed E-state index contributed by atoms with van der Waals surface area (Å²) >= 11 is 1.23. The molecule has 1 unspecified atom stereocenters. The van der Waals surface area contributed by atoms with E-state index in [1.807, 2.05) is 38.1 Å². The van der Waals surface area contributed by atoms with Gasteiger partial charge >= 0.3 is 0 Å². The number of fused-ring (bicyclic) bond motifs is 1. The van der Waals surface area contributed by atoms with Crippen molar-refractivity contribution in [1.29, 1.82) is 0 Å². The van der Waals surface area contributed by atoms with Gasteiger partial charge in [0.15, 0.2) is 6.10 Å². The summed E-state index contributed by atoms with van der Waals surface area (Å²) in [6.45, 7) is 3.71. The van der Waals surface area contributed by atoms with Gasteiger partial charge in [-0.2, -0.15) is 0 Å². The number of aryl methyl sites for hydroxylation is 2. The fraction of sp³-hybridized carbons (Fsp3) is 0.160. The Morgan fingerprint density at radius 2 is 1.63 bits per heavy atom. The highest BCUT2D eigenvalue weighted by Crippen LogP contribution is 2.37. The van der Waals surface area contributed by atoms with Crippen LogP contribution >= 0.6 is 11.3 Å². The fourth-order valence-corrected chi connectivity index (χ4v) is 5.90. The predicted octanol–water partition coefficient (Wildman–Crippen LogP) is 4.42. The van der Waals surface area contributed by atoms with Crippen molar-refractivity contribution < 1.29 is 17.9 Å². The van der Waals surface area contributed by atoms with Crippen molar-refractivity contribution in [2.45, 2.75) is 24.8 Å². The number of carbonyl (C=O) groups excluding carboxylic acids is 1. The molecule has 2 heterocycles. The molecule has 0 radical (unpaired) electrons. The normalized spacial score (nSPS) is 15.3. The van der Waals surface area contributed by atoms with Crippen LogP contribution in [0.5, 0.6) is 5.75 Å². The second-order valence-electron chi connectivity index (χ2n) is 8.19. The zero-order valence-electron chi connectivity index (χ0n) is 19.0. The van der Waals surface area contributed by atoms with Gasteiger partial charge in [-0.25, -0.2) is 8.42 Å². The van der Waals surface area contributed by atoms with E-state index in [0.717, 1.165) is 16.7 Å². The summed E-state index contributed by atoms with van der Waals surface area (Å²) in [7, 11) is -3.92. The predicted molar refractivity (Wildman–Crippen MR) is 135 cm³/mol. The van der Waals surface area contributed by atoms with E-state index in [4.69, 9.17) is 4.74 Å². The number of nitrogens with one attached hydrogen (secondary N) is 1. The molecule has 0 spiro atoms. The van der Waals surface area contributed by atoms with E-state index in [-0.39, 0.29) is 11.4 Å². The summed E-state index contributed by atoms with van der Waals surface area (Å²) in [5.74, 6) is -0.192. The van der Waals surface area contributed by atoms with E-state index in [1.165, 1.54) is 15.6 Å². The second kappa shape index (κ2) is 9.12. The third kappa shape index (κ3) is 4.62. The van der Waals surface area contributed by atoms with E-state index in [9.17, 15) is 13.2 Å². The molecule has 0 saturated carbocycles. The van der Waals surface area contributed by atoms with Crippen molar-refractivity contribution in [3.63, 3.8) is 0 Å². The second-order valence-corrected chi connectivity index (χ2v) is 11.0. The summed E-state index contributed by atoms with van der Waals surface area (Å²) in [5.41, 5.74) is 3.36. The Hall–Kier alpha value is -3.76. The topological polar surface area (TPSA) is 101 Å². The molecule has 4 aromatic rings. The van der Waals surface area contributed by atoms with Crippen molar-refractivity contribution in [2.24, 2.45) is 0 Å². The Morgan fingerprint density at radius 1 is 0.971 bits per heavy atom. The lowest BCUT2D eigenvalue weighted by molar-refractivity contribution is -0.122. The number of nitrogens with zero attached hydrogens (tertiary/aromatic N) is 3. The first-order valence-electron chi connectivity index (χ1n) is 10.9. The zero-order valence-corrected chi connectivity index (χ0v) is 20.6. The molecule has 0 saturated heterocycles. The van der Waals surface area contributed by atoms with Gasteiger partial charge in [0, 0.05) is 5.56 Å². The van der Waals surface area contributed by atoms with Crippen LogP contribution in [0.25, 0.3) is 10.6 Å². The van der Waals surface area contributed by atoms with Crippen LogP contribution < -0.4 is 14.4 Å². The number of hydrogen-bond acceptors (Lipinski definition) is 7. The van der Waals surface area contributed by atoms with Crippen LogP contribution in [0.2, 0.25) is 0 Å². The molecule has 3 aromatic carbocycles. The first-order valence-corrected chi connectivity index (χ1v) is 13.1. The minimum atomic E-state index is -3.92. The van der Waals surface area contributed by atoms with E-state index < -0.39 is 22.0 Å². The lowest BCUT2D eigenvalue weighted by Crippen LogP contribution is -2.48. The van der Waals surface area contributed by atoms with Crippen molar-refractivity contribution in [2.75, 3.05) is 16.2 Å². The van der Waals surface area contributed by atoms with E-state index in [0.29, 0.717) is 21.6 Å². The van der Waals surface area contributed by atoms with Crippen LogP contribution in [-0.2, 0) is 14.8 Å². The Balaban J connectivity index is 1.40. The van der Waals surface area contributed by atoms with E-state index >= 15 is 0 Å². The Bertz CT molecular complexity index is 1480. The molecule has 1 aliphatic rings. The molecular weight excluding hydrogens is 484 g/mol. The number of para-hydroxylation sites is 2. The number of carbonyl (C=O) groups is 1. The zero-order chi connectivity index (χ0) is 24.6. The van der Waals surface area contributed by atoms with E-state index in [2.05, 4.69) is 15.5 Å². The largest absolute Gasteiger partial charge is 0.476 e. The van der Waals surface area contributed by atoms with Gasteiger partial charge < -0.3 is 4.74 Å². The molecule has 10 heteroatoms. The molecule has 0 bridgehead atoms. The summed E-state index contributed by atoms with van der Waals surface area (Å²) in [4.78, 5) is 13.2. The minimum absolute atomic E-state index is 0.144. The van der Waals surface area contributed by atoms with Gasteiger partial charge in [-0.1, -0.05) is 71.0 Å². The maximum atomic E-state index is 13.5. The van der Waals surface area contributed by atoms with Gasteiger partial charge in [0.2, 0.25) is 5.13 Å². The summed E-state index contributed by atoms with van der Waals surface area (Å²) < 4.78 is 34.1. The maximum Gasteiger partial charge on any atom is 0.269 e. The van der Waals surface area contributed by atoms with Crippen LogP contribution in [0.3, 0.4) is 0 Å². The lowest BCUT2D eigenvalue weighted by atomic mass is 10.2. The number of aromatic nitrogens is 2. The molecule has 8 nitrogen and oxygen atoms in total. The standard InChI is InChI=1S/C25H22N4O4S2/c1-16-7-11-18(12-8-16)24-27-28-25(34-24)26-23(30)22-15-29(20-5-3-4-6-21(20)33-22)35(31,32)19-13-9-17(2)10-14-19/h3-14,22H,15H2,1-2H3,(H,26,28,30). The van der Waals surface area contributed by atoms with Crippen molar-refractivity contribution in [1.82, 2.24) is 10.2 Å². The molecule has 1 amide bonds. The van der Waals surface area contributed by atoms with Gasteiger partial charge in [0.05, 0.1) is 17.1 Å². The number of sulfonamides is 1. The first kappa shape index (κ1) is 23.0. The molecule has 1 aliphatic heterocycles. The van der Waals surface area contributed by atoms with Crippen molar-refractivity contribution in [3.05, 3.63) is 83.9 Å². The quantitative estimate of drug-likeness (QED) is 0.430. The highest BCUT2D eigenvalue weighted by molar-refractivity contribution is 7.92. The smallest absolute Gasteiger partial charge is 0.269 e. The molecule has 0 aliphatic carbocycles. The first-order chi connectivity index (χ1) is 16.8. The molecule has 5 rings (SSSR count). The molecule has 1 N–H and O–H groups in total. The Kier molecular flexibility index (Phi) is 6.00. The average Bonchev–Trinajstić information content (AvgIpc) is 3.32. The third-order valence-electron chi connectivity index (χ3n) is 5.59. The van der Waals surface area contributed by atoms with Crippen LogP contribution in [0, 0.1) is 13.8 Å². The minimum Gasteiger partial charge on any atom is -0.476 e. The number of rotatable bonds is 5. The van der Waals surface area contributed by atoms with Crippen LogP contribution in [0.1, 0.15) is 11.1 Å². The summed E-state index contributed by atoms with van der Waals surface area (Å²) in [6, 6.07) is 21.2. The average molecular weight is 507 g/mol. The lowest BCUT2D eigenvalue weighted by Gasteiger charge is -2.34. The molecule has 0 fully saturated rings. The van der Waals surface area contributed by atoms with Gasteiger partial charge in [-0.05, 0) is 38.1 Å². The highest BCUT2D eigenvalue weighted by atomic mass is 32.2. The fourth-order valence-electron chi connectivity index (χ4n) is 3.68. The number of hydrogen-bond donors (Lipinski definition) is 1. The van der Waals surface area contributed by atoms with Gasteiger partial charge in [-0.3, -0.25) is 14.4 Å². The number of benzene rings is 3. The number of ether oxygens (including phenoxy) is 1. The van der Waals surface area contributed by atoms with Gasteiger partial charge in [-0.15, -0.1) is 10.2 Å². The molecule has 178 valence electrons. The molecule has 1 aromatic heterocycles. The number of anilines is 2. The van der Waals surface area contributed by atoms with E-state index in [1.54, 1.807) is 48.5 Å². The third-order valence-corrected chi connectivity index (χ3v) is 8.27. The Labute approximate surface area is 207 Å². The summed E-state index contributed by atoms with van der Waals surface area (Å²) in [6.07, 6.45) is -1.07. The monoisotopic (exact) mass is 506 g/mol. The van der Waals surface area contributed by atoms with Crippen molar-refractivity contribution in [3.8, 4) is 16.3 Å². The Morgan fingerprint density at radius 3 is 2.34 bits per heavy atom. The molecular formula is C25H22N4O4S2.